The van der Waals surface area contributed by atoms with Gasteiger partial charge in [-0.15, -0.1) is 0 Å². The van der Waals surface area contributed by atoms with Crippen molar-refractivity contribution in [3.8, 4) is 11.5 Å². The number of aryl methyl sites for hydroxylation is 1. The Labute approximate surface area is 82.2 Å². The molecule has 0 amide bonds. The number of phenolic OH excluding ortho intramolecular Hbond substituents is 2. The zero-order valence-corrected chi connectivity index (χ0v) is 8.07. The van der Waals surface area contributed by atoms with Crippen molar-refractivity contribution >= 4 is 10.9 Å². The first-order chi connectivity index (χ1) is 6.72. The van der Waals surface area contributed by atoms with Gasteiger partial charge in [-0.25, -0.2) is 0 Å². The topological polar surface area (TPSA) is 45.4 Å². The Kier molecular flexibility index (Phi) is 2.08. The van der Waals surface area contributed by atoms with E-state index < -0.39 is 0 Å². The van der Waals surface area contributed by atoms with Gasteiger partial charge < -0.3 is 14.8 Å². The highest BCUT2D eigenvalue weighted by atomic mass is 16.3. The molecule has 0 bridgehead atoms. The fraction of sp³-hybridized carbons (Fsp3) is 0.273. The Balaban J connectivity index is 2.61. The van der Waals surface area contributed by atoms with E-state index in [1.165, 1.54) is 0 Å². The Bertz CT molecular complexity index is 460. The quantitative estimate of drug-likeness (QED) is 0.716. The molecule has 1 aromatic carbocycles. The SMILES string of the molecule is CCCn1ccc2cc(O)c(O)cc21. The summed E-state index contributed by atoms with van der Waals surface area (Å²) in [6.45, 7) is 3.03. The minimum absolute atomic E-state index is 0.0615. The van der Waals surface area contributed by atoms with E-state index in [0.29, 0.717) is 0 Å². The van der Waals surface area contributed by atoms with Gasteiger partial charge in [0.1, 0.15) is 0 Å². The molecule has 3 nitrogen and oxygen atoms in total. The van der Waals surface area contributed by atoms with Crippen LogP contribution in [0.5, 0.6) is 11.5 Å². The smallest absolute Gasteiger partial charge is 0.159 e. The van der Waals surface area contributed by atoms with Crippen LogP contribution < -0.4 is 0 Å². The van der Waals surface area contributed by atoms with Gasteiger partial charge in [-0.3, -0.25) is 0 Å². The molecule has 0 fully saturated rings. The number of phenols is 2. The van der Waals surface area contributed by atoms with Crippen molar-refractivity contribution in [3.63, 3.8) is 0 Å². The first kappa shape index (κ1) is 8.94. The van der Waals surface area contributed by atoms with Crippen molar-refractivity contribution < 1.29 is 10.2 Å². The summed E-state index contributed by atoms with van der Waals surface area (Å²) in [7, 11) is 0. The number of rotatable bonds is 2. The molecule has 0 spiro atoms. The molecule has 2 aromatic rings. The monoisotopic (exact) mass is 191 g/mol. The highest BCUT2D eigenvalue weighted by Gasteiger charge is 2.05. The molecule has 2 rings (SSSR count). The van der Waals surface area contributed by atoms with E-state index in [1.54, 1.807) is 12.1 Å². The van der Waals surface area contributed by atoms with Crippen LogP contribution in [0, 0.1) is 0 Å². The van der Waals surface area contributed by atoms with Crippen molar-refractivity contribution in [3.05, 3.63) is 24.4 Å². The number of fused-ring (bicyclic) bond motifs is 1. The molecule has 0 radical (unpaired) electrons. The Morgan fingerprint density at radius 3 is 2.64 bits per heavy atom. The zero-order valence-electron chi connectivity index (χ0n) is 8.07. The molecule has 0 aliphatic heterocycles. The third kappa shape index (κ3) is 1.31. The van der Waals surface area contributed by atoms with Gasteiger partial charge in [0.25, 0.3) is 0 Å². The maximum atomic E-state index is 9.36. The average molecular weight is 191 g/mol. The normalized spacial score (nSPS) is 10.9. The van der Waals surface area contributed by atoms with Crippen LogP contribution in [0.25, 0.3) is 10.9 Å². The van der Waals surface area contributed by atoms with Gasteiger partial charge in [0.05, 0.1) is 5.52 Å². The second-order valence-electron chi connectivity index (χ2n) is 3.41. The van der Waals surface area contributed by atoms with Crippen LogP contribution in [-0.2, 0) is 6.54 Å². The number of aromatic nitrogens is 1. The van der Waals surface area contributed by atoms with Crippen LogP contribution in [0.1, 0.15) is 13.3 Å². The van der Waals surface area contributed by atoms with Crippen molar-refractivity contribution in [1.29, 1.82) is 0 Å². The third-order valence-corrected chi connectivity index (χ3v) is 2.33. The van der Waals surface area contributed by atoms with Crippen molar-refractivity contribution in [2.24, 2.45) is 0 Å². The van der Waals surface area contributed by atoms with Crippen molar-refractivity contribution in [2.75, 3.05) is 0 Å². The molecule has 0 unspecified atom stereocenters. The fourth-order valence-corrected chi connectivity index (χ4v) is 1.65. The van der Waals surface area contributed by atoms with E-state index in [-0.39, 0.29) is 11.5 Å². The number of hydrogen-bond acceptors (Lipinski definition) is 2. The van der Waals surface area contributed by atoms with Gasteiger partial charge in [-0.2, -0.15) is 0 Å². The molecule has 0 aliphatic rings. The molecule has 1 aromatic heterocycles. The van der Waals surface area contributed by atoms with Gasteiger partial charge in [0.2, 0.25) is 0 Å². The molecule has 3 heteroatoms. The summed E-state index contributed by atoms with van der Waals surface area (Å²) in [6.07, 6.45) is 3.01. The van der Waals surface area contributed by atoms with Gasteiger partial charge in [0.15, 0.2) is 11.5 Å². The van der Waals surface area contributed by atoms with Crippen LogP contribution in [0.4, 0.5) is 0 Å². The van der Waals surface area contributed by atoms with E-state index in [9.17, 15) is 10.2 Å². The summed E-state index contributed by atoms with van der Waals surface area (Å²) in [5, 5.41) is 19.6. The van der Waals surface area contributed by atoms with Gasteiger partial charge in [-0.1, -0.05) is 6.92 Å². The number of benzene rings is 1. The largest absolute Gasteiger partial charge is 0.504 e. The molecule has 14 heavy (non-hydrogen) atoms. The van der Waals surface area contributed by atoms with E-state index in [2.05, 4.69) is 11.5 Å². The van der Waals surface area contributed by atoms with Crippen LogP contribution >= 0.6 is 0 Å². The lowest BCUT2D eigenvalue weighted by Gasteiger charge is -2.03. The summed E-state index contributed by atoms with van der Waals surface area (Å²) in [6, 6.07) is 5.11. The molecule has 0 saturated carbocycles. The number of nitrogens with zero attached hydrogens (tertiary/aromatic N) is 1. The molecule has 0 aliphatic carbocycles. The van der Waals surface area contributed by atoms with Gasteiger partial charge >= 0.3 is 0 Å². The maximum Gasteiger partial charge on any atom is 0.159 e. The second-order valence-corrected chi connectivity index (χ2v) is 3.41. The minimum Gasteiger partial charge on any atom is -0.504 e. The summed E-state index contributed by atoms with van der Waals surface area (Å²) in [4.78, 5) is 0. The fourth-order valence-electron chi connectivity index (χ4n) is 1.65. The summed E-state index contributed by atoms with van der Waals surface area (Å²) >= 11 is 0. The molecular formula is C11H13NO2. The first-order valence-electron chi connectivity index (χ1n) is 4.73. The lowest BCUT2D eigenvalue weighted by Crippen LogP contribution is -1.93. The average Bonchev–Trinajstić information content (AvgIpc) is 2.51. The Hall–Kier alpha value is -1.64. The summed E-state index contributed by atoms with van der Waals surface area (Å²) < 4.78 is 2.06. The van der Waals surface area contributed by atoms with Gasteiger partial charge in [-0.05, 0) is 18.6 Å². The lowest BCUT2D eigenvalue weighted by molar-refractivity contribution is 0.404. The van der Waals surface area contributed by atoms with E-state index >= 15 is 0 Å². The highest BCUT2D eigenvalue weighted by molar-refractivity contribution is 5.83. The molecular weight excluding hydrogens is 178 g/mol. The van der Waals surface area contributed by atoms with Crippen LogP contribution in [0.15, 0.2) is 24.4 Å². The first-order valence-corrected chi connectivity index (χ1v) is 4.73. The molecule has 0 saturated heterocycles. The van der Waals surface area contributed by atoms with Crippen LogP contribution in [-0.4, -0.2) is 14.8 Å². The zero-order chi connectivity index (χ0) is 10.1. The number of aromatic hydroxyl groups is 2. The van der Waals surface area contributed by atoms with Crippen LogP contribution in [0.2, 0.25) is 0 Å². The molecule has 74 valence electrons. The predicted molar refractivity (Wildman–Crippen MR) is 55.6 cm³/mol. The van der Waals surface area contributed by atoms with E-state index in [1.807, 2.05) is 12.3 Å². The van der Waals surface area contributed by atoms with E-state index in [4.69, 9.17) is 0 Å². The standard InChI is InChI=1S/C11H13NO2/c1-2-4-12-5-3-8-6-10(13)11(14)7-9(8)12/h3,5-7,13-14H,2,4H2,1H3. The van der Waals surface area contributed by atoms with E-state index in [0.717, 1.165) is 23.9 Å². The highest BCUT2D eigenvalue weighted by Crippen LogP contribution is 2.30. The Morgan fingerprint density at radius 1 is 1.21 bits per heavy atom. The third-order valence-electron chi connectivity index (χ3n) is 2.33. The summed E-state index contributed by atoms with van der Waals surface area (Å²) in [5.74, 6) is -0.125. The minimum atomic E-state index is -0.0632. The molecule has 0 atom stereocenters. The summed E-state index contributed by atoms with van der Waals surface area (Å²) in [5.41, 5.74) is 0.960. The van der Waals surface area contributed by atoms with Crippen LogP contribution in [0.3, 0.4) is 0 Å². The number of hydrogen-bond donors (Lipinski definition) is 2. The van der Waals surface area contributed by atoms with Crippen molar-refractivity contribution in [2.45, 2.75) is 19.9 Å². The molecule has 1 heterocycles. The Morgan fingerprint density at radius 2 is 1.93 bits per heavy atom. The van der Waals surface area contributed by atoms with Crippen molar-refractivity contribution in [1.82, 2.24) is 4.57 Å². The van der Waals surface area contributed by atoms with Gasteiger partial charge in [0, 0.05) is 24.2 Å². The maximum absolute atomic E-state index is 9.36. The lowest BCUT2D eigenvalue weighted by atomic mass is 10.2. The second kappa shape index (κ2) is 3.25. The predicted octanol–water partition coefficient (Wildman–Crippen LogP) is 2.46. The molecule has 2 N–H and O–H groups in total.